The molecular formula is C18H20N2O4. The van der Waals surface area contributed by atoms with Crippen LogP contribution in [0.5, 0.6) is 11.5 Å². The fraction of sp³-hybridized carbons (Fsp3) is 0.222. The quantitative estimate of drug-likeness (QED) is 0.825. The van der Waals surface area contributed by atoms with E-state index in [-0.39, 0.29) is 12.5 Å². The van der Waals surface area contributed by atoms with Gasteiger partial charge < -0.3 is 9.47 Å². The van der Waals surface area contributed by atoms with E-state index in [1.807, 2.05) is 32.0 Å². The molecule has 0 aliphatic carbocycles. The zero-order valence-corrected chi connectivity index (χ0v) is 13.9. The van der Waals surface area contributed by atoms with Crippen molar-refractivity contribution in [3.05, 3.63) is 59.2 Å². The van der Waals surface area contributed by atoms with E-state index in [1.54, 1.807) is 24.3 Å². The van der Waals surface area contributed by atoms with Crippen LogP contribution in [-0.2, 0) is 4.79 Å². The molecule has 0 fully saturated rings. The number of carbonyl (C=O) groups is 2. The number of carbonyl (C=O) groups excluding carboxylic acids is 2. The Hall–Kier alpha value is -3.02. The molecule has 2 rings (SSSR count). The lowest BCUT2D eigenvalue weighted by molar-refractivity contribution is -0.123. The van der Waals surface area contributed by atoms with E-state index in [0.29, 0.717) is 17.1 Å². The van der Waals surface area contributed by atoms with Crippen LogP contribution in [0.15, 0.2) is 42.5 Å². The lowest BCUT2D eigenvalue weighted by atomic mass is 10.1. The molecule has 0 spiro atoms. The topological polar surface area (TPSA) is 76.7 Å². The van der Waals surface area contributed by atoms with E-state index in [0.717, 1.165) is 11.1 Å². The van der Waals surface area contributed by atoms with Gasteiger partial charge in [0.25, 0.3) is 11.8 Å². The molecule has 6 nitrogen and oxygen atoms in total. The van der Waals surface area contributed by atoms with E-state index in [4.69, 9.17) is 9.47 Å². The third-order valence-corrected chi connectivity index (χ3v) is 3.27. The number of ether oxygens (including phenoxy) is 2. The van der Waals surface area contributed by atoms with Crippen molar-refractivity contribution in [2.24, 2.45) is 0 Å². The minimum Gasteiger partial charge on any atom is -0.493 e. The largest absolute Gasteiger partial charge is 0.493 e. The maximum atomic E-state index is 11.9. The highest BCUT2D eigenvalue weighted by molar-refractivity contribution is 5.95. The molecule has 0 aliphatic rings. The molecule has 0 unspecified atom stereocenters. The summed E-state index contributed by atoms with van der Waals surface area (Å²) >= 11 is 0. The number of hydrogen-bond acceptors (Lipinski definition) is 4. The summed E-state index contributed by atoms with van der Waals surface area (Å²) in [5.41, 5.74) is 7.12. The molecule has 2 aromatic rings. The minimum atomic E-state index is -0.473. The molecule has 24 heavy (non-hydrogen) atoms. The van der Waals surface area contributed by atoms with Gasteiger partial charge in [-0.2, -0.15) is 0 Å². The molecule has 0 saturated carbocycles. The maximum absolute atomic E-state index is 11.9. The number of rotatable bonds is 5. The number of hydrogen-bond donors (Lipinski definition) is 2. The first-order valence-corrected chi connectivity index (χ1v) is 7.43. The first kappa shape index (κ1) is 17.3. The summed E-state index contributed by atoms with van der Waals surface area (Å²) in [4.78, 5) is 23.7. The Labute approximate surface area is 140 Å². The number of nitrogens with one attached hydrogen (secondary N) is 2. The summed E-state index contributed by atoms with van der Waals surface area (Å²) in [6.07, 6.45) is 0. The van der Waals surface area contributed by atoms with Gasteiger partial charge in [-0.1, -0.05) is 23.8 Å². The van der Waals surface area contributed by atoms with Crippen LogP contribution in [0.1, 0.15) is 21.5 Å². The number of amides is 2. The van der Waals surface area contributed by atoms with Gasteiger partial charge >= 0.3 is 0 Å². The highest BCUT2D eigenvalue weighted by Gasteiger charge is 2.10. The van der Waals surface area contributed by atoms with Crippen LogP contribution < -0.4 is 20.3 Å². The molecule has 0 aliphatic heterocycles. The van der Waals surface area contributed by atoms with Crippen molar-refractivity contribution in [3.8, 4) is 11.5 Å². The maximum Gasteiger partial charge on any atom is 0.276 e. The lowest BCUT2D eigenvalue weighted by Crippen LogP contribution is -2.43. The average molecular weight is 328 g/mol. The van der Waals surface area contributed by atoms with Crippen LogP contribution in [0.25, 0.3) is 0 Å². The van der Waals surface area contributed by atoms with Gasteiger partial charge in [-0.15, -0.1) is 0 Å². The molecule has 126 valence electrons. The fourth-order valence-corrected chi connectivity index (χ4v) is 2.06. The Bertz CT molecular complexity index is 744. The van der Waals surface area contributed by atoms with E-state index in [9.17, 15) is 9.59 Å². The minimum absolute atomic E-state index is 0.243. The van der Waals surface area contributed by atoms with Crippen molar-refractivity contribution in [2.75, 3.05) is 13.7 Å². The predicted octanol–water partition coefficient (Wildman–Crippen LogP) is 2.15. The van der Waals surface area contributed by atoms with Crippen molar-refractivity contribution >= 4 is 11.8 Å². The summed E-state index contributed by atoms with van der Waals surface area (Å²) in [5.74, 6) is 0.147. The summed E-state index contributed by atoms with van der Waals surface area (Å²) in [7, 11) is 1.53. The predicted molar refractivity (Wildman–Crippen MR) is 90.0 cm³/mol. The molecule has 6 heteroatoms. The third kappa shape index (κ3) is 4.74. The van der Waals surface area contributed by atoms with E-state index in [1.165, 1.54) is 7.11 Å². The molecule has 2 aromatic carbocycles. The lowest BCUT2D eigenvalue weighted by Gasteiger charge is -2.12. The Morgan fingerprint density at radius 2 is 1.71 bits per heavy atom. The zero-order chi connectivity index (χ0) is 17.5. The molecule has 0 saturated heterocycles. The standard InChI is InChI=1S/C18H20N2O4/c1-12-5-4-6-14(9-12)18(22)20-19-17(21)11-24-15-8-7-13(2)10-16(15)23-3/h4-10H,11H2,1-3H3,(H,19,21)(H,20,22). The monoisotopic (exact) mass is 328 g/mol. The molecule has 0 heterocycles. The van der Waals surface area contributed by atoms with Gasteiger partial charge in [0, 0.05) is 5.56 Å². The first-order valence-electron chi connectivity index (χ1n) is 7.43. The Kier molecular flexibility index (Phi) is 5.78. The van der Waals surface area contributed by atoms with Crippen LogP contribution in [0.2, 0.25) is 0 Å². The van der Waals surface area contributed by atoms with Crippen LogP contribution in [-0.4, -0.2) is 25.5 Å². The van der Waals surface area contributed by atoms with Crippen molar-refractivity contribution in [1.82, 2.24) is 10.9 Å². The van der Waals surface area contributed by atoms with Crippen LogP contribution >= 0.6 is 0 Å². The van der Waals surface area contributed by atoms with Gasteiger partial charge in [0.1, 0.15) is 0 Å². The first-order chi connectivity index (χ1) is 11.5. The van der Waals surface area contributed by atoms with Gasteiger partial charge in [-0.25, -0.2) is 0 Å². The zero-order valence-electron chi connectivity index (χ0n) is 13.9. The van der Waals surface area contributed by atoms with E-state index < -0.39 is 5.91 Å². The summed E-state index contributed by atoms with van der Waals surface area (Å²) < 4.78 is 10.6. The van der Waals surface area contributed by atoms with Crippen LogP contribution in [0.4, 0.5) is 0 Å². The summed E-state index contributed by atoms with van der Waals surface area (Å²) in [5, 5.41) is 0. The highest BCUT2D eigenvalue weighted by atomic mass is 16.5. The Balaban J connectivity index is 1.85. The molecule has 0 radical (unpaired) electrons. The highest BCUT2D eigenvalue weighted by Crippen LogP contribution is 2.27. The molecule has 0 bridgehead atoms. The Morgan fingerprint density at radius 3 is 2.42 bits per heavy atom. The van der Waals surface area contributed by atoms with E-state index >= 15 is 0 Å². The number of benzene rings is 2. The summed E-state index contributed by atoms with van der Waals surface area (Å²) in [6.45, 7) is 3.57. The number of hydrazine groups is 1. The van der Waals surface area contributed by atoms with Crippen molar-refractivity contribution in [3.63, 3.8) is 0 Å². The smallest absolute Gasteiger partial charge is 0.276 e. The van der Waals surface area contributed by atoms with Crippen LogP contribution in [0, 0.1) is 13.8 Å². The van der Waals surface area contributed by atoms with Gasteiger partial charge in [0.15, 0.2) is 18.1 Å². The van der Waals surface area contributed by atoms with Crippen LogP contribution in [0.3, 0.4) is 0 Å². The van der Waals surface area contributed by atoms with Gasteiger partial charge in [0.2, 0.25) is 0 Å². The van der Waals surface area contributed by atoms with E-state index in [2.05, 4.69) is 10.9 Å². The van der Waals surface area contributed by atoms with Gasteiger partial charge in [0.05, 0.1) is 7.11 Å². The Morgan fingerprint density at radius 1 is 0.958 bits per heavy atom. The van der Waals surface area contributed by atoms with Gasteiger partial charge in [-0.05, 0) is 43.7 Å². The fourth-order valence-electron chi connectivity index (χ4n) is 2.06. The number of aryl methyl sites for hydroxylation is 2. The SMILES string of the molecule is COc1cc(C)ccc1OCC(=O)NNC(=O)c1cccc(C)c1. The molecule has 2 amide bonds. The normalized spacial score (nSPS) is 9.96. The second-order valence-electron chi connectivity index (χ2n) is 5.31. The van der Waals surface area contributed by atoms with Crippen molar-refractivity contribution in [2.45, 2.75) is 13.8 Å². The second-order valence-corrected chi connectivity index (χ2v) is 5.31. The summed E-state index contributed by atoms with van der Waals surface area (Å²) in [6, 6.07) is 12.5. The van der Waals surface area contributed by atoms with Crippen molar-refractivity contribution in [1.29, 1.82) is 0 Å². The number of methoxy groups -OCH3 is 1. The average Bonchev–Trinajstić information content (AvgIpc) is 2.58. The van der Waals surface area contributed by atoms with Gasteiger partial charge in [-0.3, -0.25) is 20.4 Å². The molecule has 0 aromatic heterocycles. The third-order valence-electron chi connectivity index (χ3n) is 3.27. The molecule has 2 N–H and O–H groups in total. The second kappa shape index (κ2) is 8.01. The van der Waals surface area contributed by atoms with Crippen molar-refractivity contribution < 1.29 is 19.1 Å². The molecular weight excluding hydrogens is 308 g/mol. The molecule has 0 atom stereocenters.